The second-order valence-corrected chi connectivity index (χ2v) is 8.33. The highest BCUT2D eigenvalue weighted by molar-refractivity contribution is 5.87. The summed E-state index contributed by atoms with van der Waals surface area (Å²) >= 11 is 0. The molecule has 1 aromatic carbocycles. The monoisotopic (exact) mass is 380 g/mol. The maximum Gasteiger partial charge on any atom is 0.154 e. The summed E-state index contributed by atoms with van der Waals surface area (Å²) in [6.45, 7) is 11.2. The fourth-order valence-electron chi connectivity index (χ4n) is 3.02. The number of nitrogens with two attached hydrogens (primary N) is 1. The number of benzene rings is 1. The molecule has 0 spiro atoms. The van der Waals surface area contributed by atoms with Crippen molar-refractivity contribution < 1.29 is 0 Å². The van der Waals surface area contributed by atoms with Crippen molar-refractivity contribution in [1.82, 2.24) is 19.9 Å². The largest absolute Gasteiger partial charge is 0.382 e. The lowest BCUT2D eigenvalue weighted by atomic mass is 10.1. The van der Waals surface area contributed by atoms with Gasteiger partial charge < -0.3 is 20.9 Å². The van der Waals surface area contributed by atoms with Crippen LogP contribution in [0, 0.1) is 0 Å². The van der Waals surface area contributed by atoms with Gasteiger partial charge >= 0.3 is 0 Å². The van der Waals surface area contributed by atoms with Crippen LogP contribution in [0.2, 0.25) is 0 Å². The number of unbranched alkanes of at least 4 members (excludes halogenated alkanes) is 1. The third-order valence-corrected chi connectivity index (χ3v) is 4.67. The predicted molar refractivity (Wildman–Crippen MR) is 117 cm³/mol. The Labute approximate surface area is 167 Å². The standard InChI is InChI=1S/C22H32N6/c1-5-6-11-24-19-12-18-20(21(23)27-19)25-15-28(18)14-17-9-7-16(8-10-17)13-26-22(2,3)4/h7-10,12,15,26H,5-6,11,13-14H2,1-4H3,(H3,23,24,27). The van der Waals surface area contributed by atoms with E-state index in [-0.39, 0.29) is 5.54 Å². The average molecular weight is 381 g/mol. The number of nitrogens with one attached hydrogen (secondary N) is 2. The lowest BCUT2D eigenvalue weighted by Gasteiger charge is -2.20. The molecule has 0 aliphatic carbocycles. The summed E-state index contributed by atoms with van der Waals surface area (Å²) < 4.78 is 2.13. The predicted octanol–water partition coefficient (Wildman–Crippen LogP) is 4.16. The molecule has 6 nitrogen and oxygen atoms in total. The van der Waals surface area contributed by atoms with Crippen LogP contribution in [0.3, 0.4) is 0 Å². The van der Waals surface area contributed by atoms with Crippen molar-refractivity contribution in [3.05, 3.63) is 47.8 Å². The second-order valence-electron chi connectivity index (χ2n) is 8.33. The Hall–Kier alpha value is -2.60. The van der Waals surface area contributed by atoms with E-state index in [1.54, 1.807) is 0 Å². The van der Waals surface area contributed by atoms with Crippen LogP contribution < -0.4 is 16.4 Å². The number of anilines is 2. The van der Waals surface area contributed by atoms with E-state index in [9.17, 15) is 0 Å². The molecule has 0 saturated heterocycles. The third kappa shape index (κ3) is 5.23. The van der Waals surface area contributed by atoms with Crippen LogP contribution in [0.15, 0.2) is 36.7 Å². The van der Waals surface area contributed by atoms with Crippen molar-refractivity contribution in [3.63, 3.8) is 0 Å². The fourth-order valence-corrected chi connectivity index (χ4v) is 3.02. The Morgan fingerprint density at radius 2 is 1.82 bits per heavy atom. The van der Waals surface area contributed by atoms with Crippen molar-refractivity contribution in [2.24, 2.45) is 0 Å². The van der Waals surface area contributed by atoms with E-state index in [2.05, 4.69) is 77.1 Å². The average Bonchev–Trinajstić information content (AvgIpc) is 3.04. The van der Waals surface area contributed by atoms with E-state index in [0.717, 1.165) is 49.3 Å². The van der Waals surface area contributed by atoms with Gasteiger partial charge in [0.25, 0.3) is 0 Å². The molecule has 4 N–H and O–H groups in total. The first kappa shape index (κ1) is 20.1. The number of fused-ring (bicyclic) bond motifs is 1. The van der Waals surface area contributed by atoms with Crippen molar-refractivity contribution in [2.75, 3.05) is 17.6 Å². The quantitative estimate of drug-likeness (QED) is 0.511. The van der Waals surface area contributed by atoms with Gasteiger partial charge in [-0.1, -0.05) is 37.6 Å². The molecule has 0 fully saturated rings. The molecule has 6 heteroatoms. The van der Waals surface area contributed by atoms with Gasteiger partial charge in [-0.3, -0.25) is 0 Å². The van der Waals surface area contributed by atoms with E-state index in [1.165, 1.54) is 11.1 Å². The zero-order chi connectivity index (χ0) is 20.1. The lowest BCUT2D eigenvalue weighted by molar-refractivity contribution is 0.424. The minimum absolute atomic E-state index is 0.116. The summed E-state index contributed by atoms with van der Waals surface area (Å²) in [5.41, 5.74) is 10.5. The van der Waals surface area contributed by atoms with E-state index in [1.807, 2.05) is 12.4 Å². The number of aromatic nitrogens is 3. The number of imidazole rings is 1. The van der Waals surface area contributed by atoms with Gasteiger partial charge in [-0.25, -0.2) is 9.97 Å². The van der Waals surface area contributed by atoms with E-state index >= 15 is 0 Å². The summed E-state index contributed by atoms with van der Waals surface area (Å²) in [5.74, 6) is 1.28. The first-order valence-corrected chi connectivity index (χ1v) is 10.0. The summed E-state index contributed by atoms with van der Waals surface area (Å²) in [4.78, 5) is 8.89. The Bertz CT molecular complexity index is 905. The summed E-state index contributed by atoms with van der Waals surface area (Å²) in [7, 11) is 0. The number of nitrogens with zero attached hydrogens (tertiary/aromatic N) is 3. The highest BCUT2D eigenvalue weighted by atomic mass is 15.1. The van der Waals surface area contributed by atoms with Gasteiger partial charge in [-0.2, -0.15) is 0 Å². The minimum Gasteiger partial charge on any atom is -0.382 e. The van der Waals surface area contributed by atoms with Crippen molar-refractivity contribution >= 4 is 22.7 Å². The molecule has 3 aromatic rings. The number of pyridine rings is 1. The molecular weight excluding hydrogens is 348 g/mol. The highest BCUT2D eigenvalue weighted by Crippen LogP contribution is 2.22. The molecule has 0 bridgehead atoms. The summed E-state index contributed by atoms with van der Waals surface area (Å²) in [6.07, 6.45) is 4.09. The van der Waals surface area contributed by atoms with Crippen molar-refractivity contribution in [3.8, 4) is 0 Å². The topological polar surface area (TPSA) is 80.8 Å². The SMILES string of the molecule is CCCCNc1cc2c(ncn2Cc2ccc(CNC(C)(C)C)cc2)c(N)n1. The van der Waals surface area contributed by atoms with E-state index < -0.39 is 0 Å². The molecule has 0 aliphatic heterocycles. The van der Waals surface area contributed by atoms with Crippen LogP contribution in [-0.4, -0.2) is 26.6 Å². The molecule has 0 atom stereocenters. The number of nitrogen functional groups attached to an aromatic ring is 1. The number of rotatable bonds is 8. The van der Waals surface area contributed by atoms with Crippen LogP contribution in [0.1, 0.15) is 51.7 Å². The molecule has 0 unspecified atom stereocenters. The fraction of sp³-hybridized carbons (Fsp3) is 0.455. The maximum absolute atomic E-state index is 6.12. The smallest absolute Gasteiger partial charge is 0.154 e. The van der Waals surface area contributed by atoms with Crippen LogP contribution in [0.5, 0.6) is 0 Å². The molecule has 0 amide bonds. The van der Waals surface area contributed by atoms with Crippen LogP contribution >= 0.6 is 0 Å². The Kier molecular flexibility index (Phi) is 6.19. The Morgan fingerprint density at radius 3 is 2.50 bits per heavy atom. The summed E-state index contributed by atoms with van der Waals surface area (Å²) in [6, 6.07) is 10.8. The lowest BCUT2D eigenvalue weighted by Crippen LogP contribution is -2.35. The zero-order valence-electron chi connectivity index (χ0n) is 17.4. The molecule has 28 heavy (non-hydrogen) atoms. The molecule has 2 heterocycles. The normalized spacial score (nSPS) is 11.9. The Balaban J connectivity index is 1.74. The van der Waals surface area contributed by atoms with Crippen molar-refractivity contribution in [2.45, 2.75) is 59.2 Å². The van der Waals surface area contributed by atoms with Gasteiger partial charge in [0.2, 0.25) is 0 Å². The zero-order valence-corrected chi connectivity index (χ0v) is 17.4. The molecule has 0 saturated carbocycles. The van der Waals surface area contributed by atoms with Crippen LogP contribution in [0.4, 0.5) is 11.6 Å². The van der Waals surface area contributed by atoms with Gasteiger partial charge in [-0.05, 0) is 38.3 Å². The second kappa shape index (κ2) is 8.61. The maximum atomic E-state index is 6.12. The molecule has 2 aromatic heterocycles. The van der Waals surface area contributed by atoms with E-state index in [4.69, 9.17) is 5.73 Å². The molecule has 0 radical (unpaired) electrons. The highest BCUT2D eigenvalue weighted by Gasteiger charge is 2.11. The third-order valence-electron chi connectivity index (χ3n) is 4.67. The number of hydrogen-bond donors (Lipinski definition) is 3. The molecule has 0 aliphatic rings. The molecule has 3 rings (SSSR count). The van der Waals surface area contributed by atoms with Gasteiger partial charge in [0.15, 0.2) is 5.82 Å². The van der Waals surface area contributed by atoms with Crippen LogP contribution in [-0.2, 0) is 13.1 Å². The Morgan fingerprint density at radius 1 is 1.11 bits per heavy atom. The minimum atomic E-state index is 0.116. The van der Waals surface area contributed by atoms with Gasteiger partial charge in [-0.15, -0.1) is 0 Å². The van der Waals surface area contributed by atoms with Crippen molar-refractivity contribution in [1.29, 1.82) is 0 Å². The number of hydrogen-bond acceptors (Lipinski definition) is 5. The molecular formula is C22H32N6. The molecule has 150 valence electrons. The van der Waals surface area contributed by atoms with Gasteiger partial charge in [0.05, 0.1) is 11.8 Å². The van der Waals surface area contributed by atoms with Crippen LogP contribution in [0.25, 0.3) is 11.0 Å². The first-order chi connectivity index (χ1) is 13.4. The van der Waals surface area contributed by atoms with E-state index in [0.29, 0.717) is 5.82 Å². The van der Waals surface area contributed by atoms with Gasteiger partial charge in [0.1, 0.15) is 11.3 Å². The first-order valence-electron chi connectivity index (χ1n) is 10.0. The summed E-state index contributed by atoms with van der Waals surface area (Å²) in [5, 5.41) is 6.87. The van der Waals surface area contributed by atoms with Gasteiger partial charge in [0, 0.05) is 31.2 Å².